The highest BCUT2D eigenvalue weighted by atomic mass is 16.5. The van der Waals surface area contributed by atoms with Gasteiger partial charge >= 0.3 is 0 Å². The first-order chi connectivity index (χ1) is 5.79. The van der Waals surface area contributed by atoms with Crippen LogP contribution in [-0.2, 0) is 6.42 Å². The first kappa shape index (κ1) is 7.59. The Morgan fingerprint density at radius 2 is 2.25 bits per heavy atom. The number of ether oxygens (including phenoxy) is 1. The van der Waals surface area contributed by atoms with Crippen LogP contribution in [0.5, 0.6) is 5.75 Å². The molecule has 0 saturated carbocycles. The summed E-state index contributed by atoms with van der Waals surface area (Å²) in [4.78, 5) is 4.27. The lowest BCUT2D eigenvalue weighted by atomic mass is 10.0. The van der Waals surface area contributed by atoms with Crippen LogP contribution in [-0.4, -0.2) is 11.6 Å². The fraction of sp³-hybridized carbons (Fsp3) is 0.500. The Hall–Kier alpha value is -1.05. The van der Waals surface area contributed by atoms with Gasteiger partial charge in [0.05, 0.1) is 12.3 Å². The first-order valence-corrected chi connectivity index (χ1v) is 4.37. The molecule has 1 aliphatic heterocycles. The second kappa shape index (κ2) is 2.77. The Balaban J connectivity index is 2.57. The van der Waals surface area contributed by atoms with Crippen molar-refractivity contribution in [2.24, 2.45) is 0 Å². The third kappa shape index (κ3) is 1.07. The number of nitrogens with zero attached hydrogens (tertiary/aromatic N) is 1. The number of hydrogen-bond donors (Lipinski definition) is 0. The van der Waals surface area contributed by atoms with Gasteiger partial charge in [0, 0.05) is 11.8 Å². The summed E-state index contributed by atoms with van der Waals surface area (Å²) in [5.74, 6) is 1.03. The van der Waals surface area contributed by atoms with E-state index in [0.717, 1.165) is 30.9 Å². The molecule has 0 N–H and O–H groups in total. The minimum absolute atomic E-state index is 0.846. The molecule has 1 aromatic heterocycles. The highest BCUT2D eigenvalue weighted by molar-refractivity contribution is 5.42. The van der Waals surface area contributed by atoms with E-state index in [-0.39, 0.29) is 0 Å². The average Bonchev–Trinajstić information content (AvgIpc) is 2.12. The van der Waals surface area contributed by atoms with Gasteiger partial charge in [0.15, 0.2) is 0 Å². The molecule has 0 fully saturated rings. The number of aromatic nitrogens is 1. The maximum atomic E-state index is 5.57. The van der Waals surface area contributed by atoms with Gasteiger partial charge in [0.1, 0.15) is 5.75 Å². The Morgan fingerprint density at radius 1 is 1.42 bits per heavy atom. The van der Waals surface area contributed by atoms with Gasteiger partial charge in [-0.3, -0.25) is 4.98 Å². The number of hydrogen-bond acceptors (Lipinski definition) is 2. The highest BCUT2D eigenvalue weighted by Crippen LogP contribution is 2.29. The van der Waals surface area contributed by atoms with Gasteiger partial charge in [-0.25, -0.2) is 0 Å². The van der Waals surface area contributed by atoms with Gasteiger partial charge in [-0.05, 0) is 32.3 Å². The minimum atomic E-state index is 0.846. The molecule has 0 atom stereocenters. The quantitative estimate of drug-likeness (QED) is 0.583. The molecule has 2 rings (SSSR count). The normalized spacial score (nSPS) is 15.2. The average molecular weight is 163 g/mol. The van der Waals surface area contributed by atoms with Gasteiger partial charge in [-0.1, -0.05) is 0 Å². The number of pyridine rings is 1. The van der Waals surface area contributed by atoms with E-state index in [4.69, 9.17) is 4.74 Å². The Kier molecular flexibility index (Phi) is 1.75. The first-order valence-electron chi connectivity index (χ1n) is 4.37. The number of rotatable bonds is 0. The molecule has 0 unspecified atom stereocenters. The van der Waals surface area contributed by atoms with Gasteiger partial charge in [-0.15, -0.1) is 0 Å². The monoisotopic (exact) mass is 163 g/mol. The molecule has 0 aliphatic carbocycles. The molecular weight excluding hydrogens is 150 g/mol. The number of aryl methyl sites for hydroxylation is 2. The maximum absolute atomic E-state index is 5.57. The fourth-order valence-electron chi connectivity index (χ4n) is 1.65. The van der Waals surface area contributed by atoms with Crippen molar-refractivity contribution >= 4 is 0 Å². The molecule has 1 aromatic rings. The van der Waals surface area contributed by atoms with Gasteiger partial charge in [0.2, 0.25) is 0 Å². The van der Waals surface area contributed by atoms with E-state index >= 15 is 0 Å². The second-order valence-corrected chi connectivity index (χ2v) is 3.29. The van der Waals surface area contributed by atoms with Crippen LogP contribution in [0.2, 0.25) is 0 Å². The van der Waals surface area contributed by atoms with Crippen molar-refractivity contribution in [2.75, 3.05) is 6.61 Å². The van der Waals surface area contributed by atoms with Gasteiger partial charge in [-0.2, -0.15) is 0 Å². The molecule has 0 saturated heterocycles. The van der Waals surface area contributed by atoms with Crippen LogP contribution in [0.4, 0.5) is 0 Å². The summed E-state index contributed by atoms with van der Waals surface area (Å²) < 4.78 is 5.57. The Morgan fingerprint density at radius 3 is 3.00 bits per heavy atom. The molecule has 1 aliphatic rings. The molecule has 0 spiro atoms. The SMILES string of the molecule is Cc1cnc(C)c2c1CCCO2. The summed E-state index contributed by atoms with van der Waals surface area (Å²) in [5, 5.41) is 0. The topological polar surface area (TPSA) is 22.1 Å². The predicted octanol–water partition coefficient (Wildman–Crippen LogP) is 2.02. The van der Waals surface area contributed by atoms with Gasteiger partial charge < -0.3 is 4.74 Å². The van der Waals surface area contributed by atoms with Gasteiger partial charge in [0.25, 0.3) is 0 Å². The Bertz CT molecular complexity index is 276. The third-order valence-corrected chi connectivity index (χ3v) is 2.35. The fourth-order valence-corrected chi connectivity index (χ4v) is 1.65. The van der Waals surface area contributed by atoms with Crippen molar-refractivity contribution in [1.82, 2.24) is 4.98 Å². The molecule has 12 heavy (non-hydrogen) atoms. The summed E-state index contributed by atoms with van der Waals surface area (Å²) >= 11 is 0. The summed E-state index contributed by atoms with van der Waals surface area (Å²) in [5.41, 5.74) is 3.64. The molecule has 0 radical (unpaired) electrons. The van der Waals surface area contributed by atoms with E-state index in [0.29, 0.717) is 0 Å². The molecule has 64 valence electrons. The van der Waals surface area contributed by atoms with Crippen LogP contribution < -0.4 is 4.74 Å². The van der Waals surface area contributed by atoms with Crippen LogP contribution in [0, 0.1) is 13.8 Å². The number of fused-ring (bicyclic) bond motifs is 1. The molecular formula is C10H13NO. The lowest BCUT2D eigenvalue weighted by Gasteiger charge is -2.20. The molecule has 0 amide bonds. The zero-order valence-corrected chi connectivity index (χ0v) is 7.55. The van der Waals surface area contributed by atoms with Crippen LogP contribution in [0.1, 0.15) is 23.2 Å². The van der Waals surface area contributed by atoms with E-state index < -0.39 is 0 Å². The van der Waals surface area contributed by atoms with E-state index in [9.17, 15) is 0 Å². The van der Waals surface area contributed by atoms with Crippen molar-refractivity contribution in [3.05, 3.63) is 23.0 Å². The Labute approximate surface area is 72.6 Å². The van der Waals surface area contributed by atoms with E-state index in [1.807, 2.05) is 13.1 Å². The van der Waals surface area contributed by atoms with Crippen LogP contribution >= 0.6 is 0 Å². The summed E-state index contributed by atoms with van der Waals surface area (Å²) in [7, 11) is 0. The van der Waals surface area contributed by atoms with Crippen molar-refractivity contribution in [1.29, 1.82) is 0 Å². The zero-order valence-electron chi connectivity index (χ0n) is 7.55. The summed E-state index contributed by atoms with van der Waals surface area (Å²) in [6.07, 6.45) is 4.21. The molecule has 2 nitrogen and oxygen atoms in total. The third-order valence-electron chi connectivity index (χ3n) is 2.35. The van der Waals surface area contributed by atoms with E-state index in [2.05, 4.69) is 11.9 Å². The highest BCUT2D eigenvalue weighted by Gasteiger charge is 2.14. The summed E-state index contributed by atoms with van der Waals surface area (Å²) in [6, 6.07) is 0. The predicted molar refractivity (Wildman–Crippen MR) is 47.5 cm³/mol. The van der Waals surface area contributed by atoms with Crippen LogP contribution in [0.25, 0.3) is 0 Å². The van der Waals surface area contributed by atoms with Crippen molar-refractivity contribution < 1.29 is 4.74 Å². The van der Waals surface area contributed by atoms with Crippen molar-refractivity contribution in [3.63, 3.8) is 0 Å². The lowest BCUT2D eigenvalue weighted by Crippen LogP contribution is -2.11. The van der Waals surface area contributed by atoms with Crippen molar-refractivity contribution in [3.8, 4) is 5.75 Å². The largest absolute Gasteiger partial charge is 0.491 e. The van der Waals surface area contributed by atoms with E-state index in [1.54, 1.807) is 0 Å². The molecule has 2 heterocycles. The van der Waals surface area contributed by atoms with E-state index in [1.165, 1.54) is 11.1 Å². The lowest BCUT2D eigenvalue weighted by molar-refractivity contribution is 0.284. The minimum Gasteiger partial charge on any atom is -0.491 e. The maximum Gasteiger partial charge on any atom is 0.143 e. The van der Waals surface area contributed by atoms with Crippen molar-refractivity contribution in [2.45, 2.75) is 26.7 Å². The molecule has 0 aromatic carbocycles. The smallest absolute Gasteiger partial charge is 0.143 e. The standard InChI is InChI=1S/C10H13NO/c1-7-6-11-8(2)10-9(7)4-3-5-12-10/h6H,3-5H2,1-2H3. The van der Waals surface area contributed by atoms with Crippen LogP contribution in [0.3, 0.4) is 0 Å². The van der Waals surface area contributed by atoms with Crippen LogP contribution in [0.15, 0.2) is 6.20 Å². The molecule has 0 bridgehead atoms. The summed E-state index contributed by atoms with van der Waals surface area (Å²) in [6.45, 7) is 4.95. The second-order valence-electron chi connectivity index (χ2n) is 3.29. The zero-order chi connectivity index (χ0) is 8.55. The molecule has 2 heteroatoms.